The molecule has 1 aliphatic rings. The van der Waals surface area contributed by atoms with E-state index in [4.69, 9.17) is 0 Å². The summed E-state index contributed by atoms with van der Waals surface area (Å²) in [7, 11) is 2.00. The van der Waals surface area contributed by atoms with Crippen LogP contribution in [0.3, 0.4) is 0 Å². The quantitative estimate of drug-likeness (QED) is 0.670. The summed E-state index contributed by atoms with van der Waals surface area (Å²) in [6, 6.07) is 6.89. The highest BCUT2D eigenvalue weighted by atomic mass is 35.5. The van der Waals surface area contributed by atoms with Gasteiger partial charge < -0.3 is 5.32 Å². The van der Waals surface area contributed by atoms with Crippen LogP contribution in [0.1, 0.15) is 18.4 Å². The molecule has 1 saturated heterocycles. The highest BCUT2D eigenvalue weighted by Gasteiger charge is 2.18. The van der Waals surface area contributed by atoms with Gasteiger partial charge in [0.25, 0.3) is 5.69 Å². The van der Waals surface area contributed by atoms with Crippen molar-refractivity contribution in [2.45, 2.75) is 19.4 Å². The molecule has 0 aliphatic carbocycles. The van der Waals surface area contributed by atoms with E-state index in [0.717, 1.165) is 37.7 Å². The number of rotatable bonds is 5. The van der Waals surface area contributed by atoms with Crippen LogP contribution < -0.4 is 5.32 Å². The van der Waals surface area contributed by atoms with Crippen molar-refractivity contribution in [1.29, 1.82) is 0 Å². The first-order valence-electron chi connectivity index (χ1n) is 6.79. The molecule has 1 aliphatic heterocycles. The normalized spacial score (nSPS) is 16.6. The van der Waals surface area contributed by atoms with Crippen LogP contribution in [0.15, 0.2) is 24.3 Å². The zero-order valence-corrected chi connectivity index (χ0v) is 12.6. The minimum Gasteiger partial charge on any atom is -0.319 e. The number of hydrogen-bond donors (Lipinski definition) is 1. The molecule has 0 radical (unpaired) electrons. The van der Waals surface area contributed by atoms with E-state index < -0.39 is 0 Å². The van der Waals surface area contributed by atoms with Crippen LogP contribution in [0.2, 0.25) is 0 Å². The zero-order valence-electron chi connectivity index (χ0n) is 11.7. The lowest BCUT2D eigenvalue weighted by molar-refractivity contribution is -0.384. The second-order valence-electron chi connectivity index (χ2n) is 5.20. The van der Waals surface area contributed by atoms with Crippen molar-refractivity contribution in [3.8, 4) is 0 Å². The summed E-state index contributed by atoms with van der Waals surface area (Å²) >= 11 is 0. The van der Waals surface area contributed by atoms with Gasteiger partial charge >= 0.3 is 0 Å². The molecule has 20 heavy (non-hydrogen) atoms. The fourth-order valence-electron chi connectivity index (χ4n) is 2.62. The SMILES string of the molecule is CNCC1CCN(Cc2ccc([N+](=O)[O-])cc2)CC1.Cl. The maximum Gasteiger partial charge on any atom is 0.269 e. The maximum absolute atomic E-state index is 10.6. The first-order chi connectivity index (χ1) is 9.19. The molecule has 112 valence electrons. The Labute approximate surface area is 125 Å². The van der Waals surface area contributed by atoms with Crippen molar-refractivity contribution in [2.24, 2.45) is 5.92 Å². The van der Waals surface area contributed by atoms with Gasteiger partial charge in [-0.25, -0.2) is 0 Å². The van der Waals surface area contributed by atoms with E-state index in [2.05, 4.69) is 10.2 Å². The Kier molecular flexibility index (Phi) is 6.91. The van der Waals surface area contributed by atoms with Crippen LogP contribution in [0, 0.1) is 16.0 Å². The fraction of sp³-hybridized carbons (Fsp3) is 0.571. The highest BCUT2D eigenvalue weighted by molar-refractivity contribution is 5.85. The summed E-state index contributed by atoms with van der Waals surface area (Å²) < 4.78 is 0. The molecule has 6 heteroatoms. The lowest BCUT2D eigenvalue weighted by Crippen LogP contribution is -2.36. The van der Waals surface area contributed by atoms with Gasteiger partial charge in [-0.05, 0) is 51.0 Å². The first kappa shape index (κ1) is 16.9. The third-order valence-corrected chi connectivity index (χ3v) is 3.75. The Bertz CT molecular complexity index is 417. The fourth-order valence-corrected chi connectivity index (χ4v) is 2.62. The number of non-ortho nitro benzene ring substituents is 1. The van der Waals surface area contributed by atoms with Crippen LogP contribution >= 0.6 is 12.4 Å². The Morgan fingerprint density at radius 1 is 1.30 bits per heavy atom. The molecular formula is C14H22ClN3O2. The van der Waals surface area contributed by atoms with Gasteiger partial charge in [0.05, 0.1) is 4.92 Å². The minimum absolute atomic E-state index is 0. The Morgan fingerprint density at radius 3 is 2.40 bits per heavy atom. The molecular weight excluding hydrogens is 278 g/mol. The van der Waals surface area contributed by atoms with E-state index in [1.54, 1.807) is 12.1 Å². The third-order valence-electron chi connectivity index (χ3n) is 3.75. The van der Waals surface area contributed by atoms with Crippen molar-refractivity contribution in [3.05, 3.63) is 39.9 Å². The standard InChI is InChI=1S/C14H21N3O2.ClH/c1-15-10-12-6-8-16(9-7-12)11-13-2-4-14(5-3-13)17(18)19;/h2-5,12,15H,6-11H2,1H3;1H. The number of likely N-dealkylation sites (tertiary alicyclic amines) is 1. The third kappa shape index (κ3) is 4.74. The van der Waals surface area contributed by atoms with E-state index in [1.807, 2.05) is 19.2 Å². The van der Waals surface area contributed by atoms with Gasteiger partial charge in [0.2, 0.25) is 0 Å². The number of piperidine rings is 1. The lowest BCUT2D eigenvalue weighted by Gasteiger charge is -2.31. The number of hydrogen-bond acceptors (Lipinski definition) is 4. The molecule has 1 aromatic carbocycles. The monoisotopic (exact) mass is 299 g/mol. The van der Waals surface area contributed by atoms with Crippen molar-refractivity contribution in [1.82, 2.24) is 10.2 Å². The largest absolute Gasteiger partial charge is 0.319 e. The summed E-state index contributed by atoms with van der Waals surface area (Å²) in [5.74, 6) is 0.790. The molecule has 1 fully saturated rings. The molecule has 0 aromatic heterocycles. The van der Waals surface area contributed by atoms with Gasteiger partial charge in [0, 0.05) is 18.7 Å². The predicted octanol–water partition coefficient (Wildman–Crippen LogP) is 2.45. The molecule has 0 atom stereocenters. The summed E-state index contributed by atoms with van der Waals surface area (Å²) in [6.45, 7) is 4.22. The minimum atomic E-state index is -0.354. The predicted molar refractivity (Wildman–Crippen MR) is 82.3 cm³/mol. The van der Waals surface area contributed by atoms with Gasteiger partial charge in [-0.3, -0.25) is 15.0 Å². The molecule has 1 aromatic rings. The van der Waals surface area contributed by atoms with E-state index >= 15 is 0 Å². The zero-order chi connectivity index (χ0) is 13.7. The number of nitrogens with zero attached hydrogens (tertiary/aromatic N) is 2. The van der Waals surface area contributed by atoms with E-state index in [1.165, 1.54) is 12.8 Å². The molecule has 2 rings (SSSR count). The summed E-state index contributed by atoms with van der Waals surface area (Å²) in [4.78, 5) is 12.7. The maximum atomic E-state index is 10.6. The van der Waals surface area contributed by atoms with Crippen LogP contribution in [-0.2, 0) is 6.54 Å². The van der Waals surface area contributed by atoms with Crippen molar-refractivity contribution in [3.63, 3.8) is 0 Å². The van der Waals surface area contributed by atoms with Crippen LogP contribution in [-0.4, -0.2) is 36.5 Å². The molecule has 0 amide bonds. The second-order valence-corrected chi connectivity index (χ2v) is 5.20. The van der Waals surface area contributed by atoms with Crippen LogP contribution in [0.5, 0.6) is 0 Å². The molecule has 0 spiro atoms. The van der Waals surface area contributed by atoms with Gasteiger partial charge in [-0.2, -0.15) is 0 Å². The summed E-state index contributed by atoms with van der Waals surface area (Å²) in [5.41, 5.74) is 1.31. The Hall–Kier alpha value is -1.17. The van der Waals surface area contributed by atoms with Crippen LogP contribution in [0.25, 0.3) is 0 Å². The number of nitrogens with one attached hydrogen (secondary N) is 1. The first-order valence-corrected chi connectivity index (χ1v) is 6.79. The topological polar surface area (TPSA) is 58.4 Å². The molecule has 1 heterocycles. The van der Waals surface area contributed by atoms with Gasteiger partial charge in [-0.1, -0.05) is 12.1 Å². The van der Waals surface area contributed by atoms with E-state index in [0.29, 0.717) is 0 Å². The Balaban J connectivity index is 0.00000200. The number of benzene rings is 1. The molecule has 5 nitrogen and oxygen atoms in total. The van der Waals surface area contributed by atoms with E-state index in [-0.39, 0.29) is 23.0 Å². The second kappa shape index (κ2) is 8.19. The van der Waals surface area contributed by atoms with Gasteiger partial charge in [0.1, 0.15) is 0 Å². The highest BCUT2D eigenvalue weighted by Crippen LogP contribution is 2.19. The number of nitro benzene ring substituents is 1. The van der Waals surface area contributed by atoms with Gasteiger partial charge in [0.15, 0.2) is 0 Å². The van der Waals surface area contributed by atoms with Crippen molar-refractivity contribution >= 4 is 18.1 Å². The molecule has 0 saturated carbocycles. The summed E-state index contributed by atoms with van der Waals surface area (Å²) in [6.07, 6.45) is 2.46. The smallest absolute Gasteiger partial charge is 0.269 e. The average Bonchev–Trinajstić information content (AvgIpc) is 2.42. The number of halogens is 1. The summed E-state index contributed by atoms with van der Waals surface area (Å²) in [5, 5.41) is 13.8. The molecule has 1 N–H and O–H groups in total. The van der Waals surface area contributed by atoms with Crippen molar-refractivity contribution < 1.29 is 4.92 Å². The molecule has 0 unspecified atom stereocenters. The molecule has 0 bridgehead atoms. The van der Waals surface area contributed by atoms with Gasteiger partial charge in [-0.15, -0.1) is 12.4 Å². The van der Waals surface area contributed by atoms with Crippen LogP contribution in [0.4, 0.5) is 5.69 Å². The average molecular weight is 300 g/mol. The lowest BCUT2D eigenvalue weighted by atomic mass is 9.96. The number of nitro groups is 1. The van der Waals surface area contributed by atoms with E-state index in [9.17, 15) is 10.1 Å². The Morgan fingerprint density at radius 2 is 1.90 bits per heavy atom. The van der Waals surface area contributed by atoms with Crippen molar-refractivity contribution in [2.75, 3.05) is 26.7 Å².